The normalized spacial score (nSPS) is 10.9. The Labute approximate surface area is 93.9 Å². The van der Waals surface area contributed by atoms with Crippen molar-refractivity contribution in [3.8, 4) is 0 Å². The molecule has 0 rings (SSSR count). The minimum Gasteiger partial charge on any atom is -0.480 e. The molecule has 1 amide bonds. The van der Waals surface area contributed by atoms with E-state index in [1.165, 1.54) is 0 Å². The van der Waals surface area contributed by atoms with Crippen molar-refractivity contribution in [1.82, 2.24) is 4.90 Å². The second-order valence-electron chi connectivity index (χ2n) is 4.19. The molecular weight excluding hydrogens is 214 g/mol. The third-order valence-corrected chi connectivity index (χ3v) is 2.40. The van der Waals surface area contributed by atoms with Crippen molar-refractivity contribution < 1.29 is 24.6 Å². The molecule has 6 heteroatoms. The average Bonchev–Trinajstić information content (AvgIpc) is 2.14. The van der Waals surface area contributed by atoms with Gasteiger partial charge in [-0.1, -0.05) is 20.8 Å². The summed E-state index contributed by atoms with van der Waals surface area (Å²) in [5.41, 5.74) is -0.745. The Kier molecular flexibility index (Phi) is 4.94. The Morgan fingerprint density at radius 3 is 1.69 bits per heavy atom. The molecule has 0 heterocycles. The molecule has 0 aromatic carbocycles. The monoisotopic (exact) mass is 231 g/mol. The zero-order chi connectivity index (χ0) is 12.9. The smallest absolute Gasteiger partial charge is 0.323 e. The number of carbonyl (C=O) groups excluding carboxylic acids is 1. The second kappa shape index (κ2) is 5.48. The average molecular weight is 231 g/mol. The Morgan fingerprint density at radius 1 is 1.06 bits per heavy atom. The van der Waals surface area contributed by atoms with E-state index in [0.29, 0.717) is 6.42 Å². The van der Waals surface area contributed by atoms with Gasteiger partial charge in [0.15, 0.2) is 0 Å². The molecule has 0 saturated heterocycles. The number of nitrogens with zero attached hydrogens (tertiary/aromatic N) is 1. The summed E-state index contributed by atoms with van der Waals surface area (Å²) in [6, 6.07) is 0. The predicted molar refractivity (Wildman–Crippen MR) is 55.9 cm³/mol. The van der Waals surface area contributed by atoms with Gasteiger partial charge in [0.25, 0.3) is 0 Å². The highest BCUT2D eigenvalue weighted by atomic mass is 16.4. The zero-order valence-electron chi connectivity index (χ0n) is 9.69. The topological polar surface area (TPSA) is 94.9 Å². The molecule has 2 N–H and O–H groups in total. The minimum atomic E-state index is -1.22. The van der Waals surface area contributed by atoms with Gasteiger partial charge in [0.05, 0.1) is 0 Å². The lowest BCUT2D eigenvalue weighted by Gasteiger charge is -2.28. The SMILES string of the molecule is CCC(C)(C)C(=O)N(CC(=O)O)CC(=O)O. The van der Waals surface area contributed by atoms with Crippen molar-refractivity contribution in [3.05, 3.63) is 0 Å². The van der Waals surface area contributed by atoms with E-state index in [9.17, 15) is 14.4 Å². The van der Waals surface area contributed by atoms with Crippen molar-refractivity contribution in [3.63, 3.8) is 0 Å². The largest absolute Gasteiger partial charge is 0.480 e. The first-order valence-electron chi connectivity index (χ1n) is 4.93. The van der Waals surface area contributed by atoms with Crippen LogP contribution in [0.5, 0.6) is 0 Å². The molecule has 0 atom stereocenters. The molecule has 0 spiro atoms. The molecule has 0 aliphatic rings. The van der Waals surface area contributed by atoms with E-state index in [4.69, 9.17) is 10.2 Å². The second-order valence-corrected chi connectivity index (χ2v) is 4.19. The minimum absolute atomic E-state index is 0.459. The number of hydrogen-bond acceptors (Lipinski definition) is 3. The molecule has 0 aromatic rings. The van der Waals surface area contributed by atoms with E-state index in [0.717, 1.165) is 4.90 Å². The fourth-order valence-electron chi connectivity index (χ4n) is 1.11. The Morgan fingerprint density at radius 2 is 1.44 bits per heavy atom. The van der Waals surface area contributed by atoms with Gasteiger partial charge in [-0.05, 0) is 6.42 Å². The van der Waals surface area contributed by atoms with Gasteiger partial charge in [0.1, 0.15) is 13.1 Å². The highest BCUT2D eigenvalue weighted by molar-refractivity contribution is 5.88. The van der Waals surface area contributed by atoms with Gasteiger partial charge >= 0.3 is 11.9 Å². The summed E-state index contributed by atoms with van der Waals surface area (Å²) in [6.07, 6.45) is 0.515. The third kappa shape index (κ3) is 4.29. The summed E-state index contributed by atoms with van der Waals surface area (Å²) in [7, 11) is 0. The van der Waals surface area contributed by atoms with E-state index in [2.05, 4.69) is 0 Å². The van der Waals surface area contributed by atoms with E-state index in [1.54, 1.807) is 20.8 Å². The van der Waals surface area contributed by atoms with Crippen LogP contribution in [0.1, 0.15) is 27.2 Å². The molecule has 0 saturated carbocycles. The van der Waals surface area contributed by atoms with Crippen molar-refractivity contribution in [2.45, 2.75) is 27.2 Å². The van der Waals surface area contributed by atoms with Crippen LogP contribution in [0, 0.1) is 5.41 Å². The molecule has 6 nitrogen and oxygen atoms in total. The number of rotatable bonds is 6. The highest BCUT2D eigenvalue weighted by Crippen LogP contribution is 2.22. The summed E-state index contributed by atoms with van der Waals surface area (Å²) in [5, 5.41) is 17.2. The molecular formula is C10H17NO5. The van der Waals surface area contributed by atoms with Gasteiger partial charge < -0.3 is 15.1 Å². The van der Waals surface area contributed by atoms with Gasteiger partial charge in [-0.3, -0.25) is 14.4 Å². The molecule has 0 aromatic heterocycles. The fraction of sp³-hybridized carbons (Fsp3) is 0.700. The first-order valence-corrected chi connectivity index (χ1v) is 4.93. The summed E-state index contributed by atoms with van der Waals surface area (Å²) in [4.78, 5) is 33.8. The van der Waals surface area contributed by atoms with Crippen molar-refractivity contribution in [2.24, 2.45) is 5.41 Å². The Bertz CT molecular complexity index is 282. The molecule has 0 aliphatic heterocycles. The molecule has 0 aliphatic carbocycles. The van der Waals surface area contributed by atoms with E-state index in [1.807, 2.05) is 0 Å². The number of aliphatic carboxylic acids is 2. The van der Waals surface area contributed by atoms with Crippen molar-refractivity contribution >= 4 is 17.8 Å². The maximum atomic E-state index is 11.9. The van der Waals surface area contributed by atoms with Crippen molar-refractivity contribution in [2.75, 3.05) is 13.1 Å². The Hall–Kier alpha value is -1.59. The van der Waals surface area contributed by atoms with Crippen LogP contribution < -0.4 is 0 Å². The van der Waals surface area contributed by atoms with E-state index in [-0.39, 0.29) is 0 Å². The lowest BCUT2D eigenvalue weighted by Crippen LogP contribution is -2.45. The lowest BCUT2D eigenvalue weighted by molar-refractivity contribution is -0.153. The number of carbonyl (C=O) groups is 3. The van der Waals surface area contributed by atoms with Gasteiger partial charge in [-0.15, -0.1) is 0 Å². The standard InChI is InChI=1S/C10H17NO5/c1-4-10(2,3)9(16)11(5-7(12)13)6-8(14)15/h4-6H2,1-3H3,(H,12,13)(H,14,15). The zero-order valence-corrected chi connectivity index (χ0v) is 9.69. The first kappa shape index (κ1) is 14.4. The van der Waals surface area contributed by atoms with Crippen LogP contribution in [0.2, 0.25) is 0 Å². The van der Waals surface area contributed by atoms with Crippen LogP contribution >= 0.6 is 0 Å². The molecule has 0 fully saturated rings. The van der Waals surface area contributed by atoms with E-state index >= 15 is 0 Å². The van der Waals surface area contributed by atoms with Crippen molar-refractivity contribution in [1.29, 1.82) is 0 Å². The number of amides is 1. The highest BCUT2D eigenvalue weighted by Gasteiger charge is 2.32. The molecule has 16 heavy (non-hydrogen) atoms. The van der Waals surface area contributed by atoms with Gasteiger partial charge in [-0.2, -0.15) is 0 Å². The summed E-state index contributed by atoms with van der Waals surface area (Å²) in [6.45, 7) is 3.93. The molecule has 0 radical (unpaired) electrons. The fourth-order valence-corrected chi connectivity index (χ4v) is 1.11. The number of carboxylic acid groups (broad SMARTS) is 2. The molecule has 92 valence electrons. The maximum Gasteiger partial charge on any atom is 0.323 e. The maximum absolute atomic E-state index is 11.9. The molecule has 0 bridgehead atoms. The number of carboxylic acids is 2. The summed E-state index contributed by atoms with van der Waals surface area (Å²) < 4.78 is 0. The Balaban J connectivity index is 4.81. The predicted octanol–water partition coefficient (Wildman–Crippen LogP) is 0.420. The quantitative estimate of drug-likeness (QED) is 0.690. The van der Waals surface area contributed by atoms with Crippen LogP contribution in [0.3, 0.4) is 0 Å². The van der Waals surface area contributed by atoms with Gasteiger partial charge in [0.2, 0.25) is 5.91 Å². The van der Waals surface area contributed by atoms with Crippen LogP contribution in [0.15, 0.2) is 0 Å². The van der Waals surface area contributed by atoms with Crippen LogP contribution in [-0.2, 0) is 14.4 Å². The molecule has 0 unspecified atom stereocenters. The lowest BCUT2D eigenvalue weighted by atomic mass is 9.88. The van der Waals surface area contributed by atoms with Crippen LogP contribution in [-0.4, -0.2) is 46.0 Å². The third-order valence-electron chi connectivity index (χ3n) is 2.40. The van der Waals surface area contributed by atoms with Gasteiger partial charge in [-0.25, -0.2) is 0 Å². The summed E-state index contributed by atoms with van der Waals surface area (Å²) in [5.74, 6) is -2.90. The first-order chi connectivity index (χ1) is 7.20. The van der Waals surface area contributed by atoms with Crippen LogP contribution in [0.4, 0.5) is 0 Å². The van der Waals surface area contributed by atoms with Crippen LogP contribution in [0.25, 0.3) is 0 Å². The van der Waals surface area contributed by atoms with Gasteiger partial charge in [0, 0.05) is 5.41 Å². The summed E-state index contributed by atoms with van der Waals surface area (Å²) >= 11 is 0. The number of hydrogen-bond donors (Lipinski definition) is 2. The van der Waals surface area contributed by atoms with E-state index < -0.39 is 36.4 Å².